The Balaban J connectivity index is 1.91. The van der Waals surface area contributed by atoms with Crippen LogP contribution in [0.25, 0.3) is 0 Å². The van der Waals surface area contributed by atoms with Gasteiger partial charge in [-0.15, -0.1) is 4.98 Å². The number of hydrogen-bond acceptors (Lipinski definition) is 8. The summed E-state index contributed by atoms with van der Waals surface area (Å²) in [6, 6.07) is 10.8. The summed E-state index contributed by atoms with van der Waals surface area (Å²) in [4.78, 5) is 32.7. The van der Waals surface area contributed by atoms with Gasteiger partial charge >= 0.3 is 11.7 Å². The highest BCUT2D eigenvalue weighted by atomic mass is 35.5. The van der Waals surface area contributed by atoms with Gasteiger partial charge in [0.05, 0.1) is 12.6 Å². The normalized spacial score (nSPS) is 10.9. The van der Waals surface area contributed by atoms with Gasteiger partial charge in [-0.3, -0.25) is 9.36 Å². The van der Waals surface area contributed by atoms with E-state index in [1.165, 1.54) is 16.7 Å². The van der Waals surface area contributed by atoms with Gasteiger partial charge in [-0.2, -0.15) is 4.98 Å². The van der Waals surface area contributed by atoms with E-state index in [0.717, 1.165) is 5.56 Å². The molecule has 0 saturated heterocycles. The van der Waals surface area contributed by atoms with Crippen LogP contribution in [0, 0.1) is 5.82 Å². The third kappa shape index (κ3) is 7.76. The molecule has 0 fully saturated rings. The van der Waals surface area contributed by atoms with E-state index in [1.54, 1.807) is 44.2 Å². The molecule has 1 aromatic heterocycles. The number of nitrogens with zero attached hydrogens (tertiary/aromatic N) is 3. The molecule has 0 aliphatic heterocycles. The maximum Gasteiger partial charge on any atom is 0.355 e. The van der Waals surface area contributed by atoms with Crippen molar-refractivity contribution in [1.82, 2.24) is 14.5 Å². The second-order valence-corrected chi connectivity index (χ2v) is 8.35. The molecule has 2 aromatic carbocycles. The number of aliphatic hydroxyl groups is 1. The Morgan fingerprint density at radius 3 is 2.60 bits per heavy atom. The lowest BCUT2D eigenvalue weighted by molar-refractivity contribution is -0.121. The topological polar surface area (TPSA) is 116 Å². The summed E-state index contributed by atoms with van der Waals surface area (Å²) in [5, 5.41) is 12.3. The minimum Gasteiger partial charge on any atom is -0.488 e. The van der Waals surface area contributed by atoms with Crippen LogP contribution in [-0.4, -0.2) is 44.7 Å². The molecule has 11 heteroatoms. The quantitative estimate of drug-likeness (QED) is 0.383. The first-order valence-corrected chi connectivity index (χ1v) is 11.3. The first-order valence-electron chi connectivity index (χ1n) is 11.0. The fraction of sp³-hybridized carbons (Fsp3) is 0.333. The Morgan fingerprint density at radius 2 is 1.94 bits per heavy atom. The minimum atomic E-state index is -0.685. The number of aromatic nitrogens is 3. The average Bonchev–Trinajstić information content (AvgIpc) is 2.81. The molecule has 0 amide bonds. The zero-order chi connectivity index (χ0) is 25.4. The van der Waals surface area contributed by atoms with Gasteiger partial charge in [0.25, 0.3) is 0 Å². The molecule has 0 aliphatic rings. The summed E-state index contributed by atoms with van der Waals surface area (Å²) in [6.45, 7) is 3.21. The summed E-state index contributed by atoms with van der Waals surface area (Å²) >= 11 is 5.95. The van der Waals surface area contributed by atoms with Crippen LogP contribution >= 0.6 is 11.6 Å². The Morgan fingerprint density at radius 1 is 1.20 bits per heavy atom. The summed E-state index contributed by atoms with van der Waals surface area (Å²) in [5.74, 6) is -0.729. The van der Waals surface area contributed by atoms with Crippen molar-refractivity contribution in [3.05, 3.63) is 69.4 Å². The fourth-order valence-electron chi connectivity index (χ4n) is 3.03. The number of anilines is 2. The standard InChI is InChI=1S/C24H26ClFN4O5/c1-15(2)35-21-10-9-18(12-20(21)26)27-22-28-23(34-14-19(32)4-3-11-31)29-24(33)30(22)13-16-5-7-17(25)8-6-16/h5-10,12,15,31H,3-4,11,13-14H2,1-2H3,(H,27,28,29,33). The van der Waals surface area contributed by atoms with Gasteiger partial charge < -0.3 is 19.9 Å². The molecule has 35 heavy (non-hydrogen) atoms. The molecule has 9 nitrogen and oxygen atoms in total. The molecule has 186 valence electrons. The van der Waals surface area contributed by atoms with Crippen LogP contribution in [0.4, 0.5) is 16.0 Å². The van der Waals surface area contributed by atoms with E-state index < -0.39 is 11.5 Å². The minimum absolute atomic E-state index is 0.0367. The van der Waals surface area contributed by atoms with Crippen LogP contribution < -0.4 is 20.5 Å². The van der Waals surface area contributed by atoms with Crippen molar-refractivity contribution >= 4 is 29.0 Å². The molecule has 2 N–H and O–H groups in total. The number of carbonyl (C=O) groups is 1. The van der Waals surface area contributed by atoms with Crippen LogP contribution in [0.5, 0.6) is 11.8 Å². The number of Topliss-reactive ketones (excluding diaryl/α,β-unsaturated/α-hetero) is 1. The number of benzene rings is 2. The molecular formula is C24H26ClFN4O5. The van der Waals surface area contributed by atoms with Crippen LogP contribution in [0.2, 0.25) is 5.02 Å². The number of hydrogen-bond donors (Lipinski definition) is 2. The van der Waals surface area contributed by atoms with Crippen molar-refractivity contribution in [2.24, 2.45) is 0 Å². The van der Waals surface area contributed by atoms with Gasteiger partial charge in [0.1, 0.15) is 6.61 Å². The number of halogens is 2. The maximum absolute atomic E-state index is 14.5. The predicted molar refractivity (Wildman–Crippen MR) is 129 cm³/mol. The predicted octanol–water partition coefficient (Wildman–Crippen LogP) is 3.73. The van der Waals surface area contributed by atoms with E-state index in [1.807, 2.05) is 0 Å². The first kappa shape index (κ1) is 26.1. The number of nitrogens with one attached hydrogen (secondary N) is 1. The summed E-state index contributed by atoms with van der Waals surface area (Å²) in [5.41, 5.74) is 0.380. The number of ketones is 1. The monoisotopic (exact) mass is 504 g/mol. The summed E-state index contributed by atoms with van der Waals surface area (Å²) < 4.78 is 26.5. The van der Waals surface area contributed by atoms with Crippen molar-refractivity contribution in [3.8, 4) is 11.8 Å². The van der Waals surface area contributed by atoms with Gasteiger partial charge in [0.2, 0.25) is 5.95 Å². The van der Waals surface area contributed by atoms with Gasteiger partial charge in [0.15, 0.2) is 17.3 Å². The van der Waals surface area contributed by atoms with Crippen molar-refractivity contribution in [2.45, 2.75) is 39.3 Å². The van der Waals surface area contributed by atoms with Gasteiger partial charge in [-0.05, 0) is 50.1 Å². The molecule has 3 rings (SSSR count). The first-order chi connectivity index (χ1) is 16.7. The zero-order valence-corrected chi connectivity index (χ0v) is 20.1. The molecular weight excluding hydrogens is 479 g/mol. The molecule has 0 atom stereocenters. The highest BCUT2D eigenvalue weighted by molar-refractivity contribution is 6.30. The van der Waals surface area contributed by atoms with Crippen LogP contribution in [0.3, 0.4) is 0 Å². The number of rotatable bonds is 12. The number of ether oxygens (including phenoxy) is 2. The second kappa shape index (κ2) is 12.3. The van der Waals surface area contributed by atoms with Crippen molar-refractivity contribution in [2.75, 3.05) is 18.5 Å². The average molecular weight is 505 g/mol. The SMILES string of the molecule is CC(C)Oc1ccc(Nc2nc(OCC(=O)CCCO)nc(=O)n2Cc2ccc(Cl)cc2)cc1F. The zero-order valence-electron chi connectivity index (χ0n) is 19.3. The lowest BCUT2D eigenvalue weighted by atomic mass is 10.2. The van der Waals surface area contributed by atoms with E-state index in [0.29, 0.717) is 17.1 Å². The van der Waals surface area contributed by atoms with Gasteiger partial charge in [-0.1, -0.05) is 23.7 Å². The van der Waals surface area contributed by atoms with E-state index in [-0.39, 0.29) is 55.8 Å². The smallest absolute Gasteiger partial charge is 0.355 e. The third-order valence-corrected chi connectivity index (χ3v) is 4.91. The third-order valence-electron chi connectivity index (χ3n) is 4.66. The van der Waals surface area contributed by atoms with E-state index in [4.69, 9.17) is 26.2 Å². The highest BCUT2D eigenvalue weighted by Gasteiger charge is 2.15. The van der Waals surface area contributed by atoms with Crippen molar-refractivity contribution < 1.29 is 23.8 Å². The lowest BCUT2D eigenvalue weighted by Gasteiger charge is -2.15. The number of carbonyl (C=O) groups excluding carboxylic acids is 1. The number of aliphatic hydroxyl groups excluding tert-OH is 1. The maximum atomic E-state index is 14.5. The van der Waals surface area contributed by atoms with Gasteiger partial charge in [0, 0.05) is 29.8 Å². The van der Waals surface area contributed by atoms with E-state index in [2.05, 4.69) is 15.3 Å². The van der Waals surface area contributed by atoms with Gasteiger partial charge in [-0.25, -0.2) is 9.18 Å². The van der Waals surface area contributed by atoms with Crippen molar-refractivity contribution in [3.63, 3.8) is 0 Å². The summed E-state index contributed by atoms with van der Waals surface area (Å²) in [7, 11) is 0. The molecule has 0 unspecified atom stereocenters. The molecule has 0 aliphatic carbocycles. The second-order valence-electron chi connectivity index (χ2n) is 7.92. The van der Waals surface area contributed by atoms with Crippen LogP contribution in [0.1, 0.15) is 32.3 Å². The molecule has 3 aromatic rings. The Hall–Kier alpha value is -3.50. The summed E-state index contributed by atoms with van der Waals surface area (Å²) in [6.07, 6.45) is 0.231. The Bertz CT molecular complexity index is 1220. The van der Waals surface area contributed by atoms with Crippen LogP contribution in [-0.2, 0) is 11.3 Å². The Labute approximate surface area is 206 Å². The van der Waals surface area contributed by atoms with E-state index in [9.17, 15) is 14.0 Å². The van der Waals surface area contributed by atoms with Crippen molar-refractivity contribution in [1.29, 1.82) is 0 Å². The Kier molecular flexibility index (Phi) is 9.16. The molecule has 0 spiro atoms. The molecule has 1 heterocycles. The molecule has 0 bridgehead atoms. The van der Waals surface area contributed by atoms with E-state index >= 15 is 0 Å². The molecule has 0 radical (unpaired) electrons. The molecule has 0 saturated carbocycles. The fourth-order valence-corrected chi connectivity index (χ4v) is 3.16. The highest BCUT2D eigenvalue weighted by Crippen LogP contribution is 2.24. The largest absolute Gasteiger partial charge is 0.488 e. The lowest BCUT2D eigenvalue weighted by Crippen LogP contribution is -2.28. The van der Waals surface area contributed by atoms with Crippen LogP contribution in [0.15, 0.2) is 47.3 Å².